The summed E-state index contributed by atoms with van der Waals surface area (Å²) < 4.78 is 26.4. The maximum absolute atomic E-state index is 12.9. The van der Waals surface area contributed by atoms with Gasteiger partial charge in [-0.3, -0.25) is 14.4 Å². The van der Waals surface area contributed by atoms with Crippen LogP contribution in [0.1, 0.15) is 53.7 Å². The van der Waals surface area contributed by atoms with Gasteiger partial charge in [-0.05, 0) is 73.2 Å². The van der Waals surface area contributed by atoms with Crippen LogP contribution in [0.2, 0.25) is 0 Å². The molecule has 3 aromatic rings. The Balaban J connectivity index is 1.66. The first-order valence-corrected chi connectivity index (χ1v) is 15.1. The van der Waals surface area contributed by atoms with Gasteiger partial charge in [0.2, 0.25) is 10.0 Å². The number of sulfonamides is 1. The Labute approximate surface area is 227 Å². The Bertz CT molecular complexity index is 1370. The molecule has 200 valence electrons. The Kier molecular flexibility index (Phi) is 9.02. The fraction of sp³-hybridized carbons (Fsp3) is 0.323. The van der Waals surface area contributed by atoms with Gasteiger partial charge in [0.05, 0.1) is 6.26 Å². The van der Waals surface area contributed by atoms with Crippen molar-refractivity contribution in [1.82, 2.24) is 9.80 Å². The van der Waals surface area contributed by atoms with E-state index >= 15 is 0 Å². The van der Waals surface area contributed by atoms with Crippen LogP contribution in [0, 0.1) is 0 Å². The lowest BCUT2D eigenvalue weighted by Gasteiger charge is -2.30. The van der Waals surface area contributed by atoms with Gasteiger partial charge in [0.1, 0.15) is 0 Å². The Morgan fingerprint density at radius 1 is 0.842 bits per heavy atom. The summed E-state index contributed by atoms with van der Waals surface area (Å²) in [4.78, 5) is 17.2. The molecule has 0 saturated carbocycles. The molecule has 1 aliphatic heterocycles. The van der Waals surface area contributed by atoms with Crippen LogP contribution in [-0.2, 0) is 16.6 Å². The van der Waals surface area contributed by atoms with E-state index in [-0.39, 0.29) is 5.91 Å². The van der Waals surface area contributed by atoms with Gasteiger partial charge in [-0.25, -0.2) is 8.42 Å². The van der Waals surface area contributed by atoms with Gasteiger partial charge in [0.15, 0.2) is 0 Å². The first-order valence-electron chi connectivity index (χ1n) is 13.2. The molecule has 1 amide bonds. The van der Waals surface area contributed by atoms with Crippen LogP contribution < -0.4 is 4.72 Å². The topological polar surface area (TPSA) is 69.7 Å². The zero-order chi connectivity index (χ0) is 27.1. The lowest BCUT2D eigenvalue weighted by Crippen LogP contribution is -2.30. The minimum Gasteiger partial charge on any atom is -0.339 e. The third-order valence-corrected chi connectivity index (χ3v) is 7.59. The molecule has 1 aliphatic rings. The van der Waals surface area contributed by atoms with E-state index in [0.717, 1.165) is 55.4 Å². The van der Waals surface area contributed by atoms with Gasteiger partial charge in [-0.15, -0.1) is 0 Å². The van der Waals surface area contributed by atoms with Gasteiger partial charge in [0, 0.05) is 44.0 Å². The fourth-order valence-corrected chi connectivity index (χ4v) is 5.63. The molecule has 0 bridgehead atoms. The van der Waals surface area contributed by atoms with Crippen molar-refractivity contribution >= 4 is 27.2 Å². The van der Waals surface area contributed by atoms with E-state index in [4.69, 9.17) is 0 Å². The second-order valence-electron chi connectivity index (χ2n) is 9.75. The van der Waals surface area contributed by atoms with Crippen molar-refractivity contribution in [2.24, 2.45) is 0 Å². The molecule has 0 spiro atoms. The quantitative estimate of drug-likeness (QED) is 0.388. The van der Waals surface area contributed by atoms with Gasteiger partial charge in [-0.2, -0.15) is 0 Å². The molecule has 1 fully saturated rings. The standard InChI is InChI=1S/C31H37N3O3S/c1-4-34(5-2)31(35)27-16-14-25(15-17-27)30(28-12-9-13-29(22-28)32-38(3,36)37)26-18-20-33(21-19-26)23-24-10-7-6-8-11-24/h6-17,22,32H,4-5,18-21,23H2,1-3H3. The SMILES string of the molecule is CCN(CC)C(=O)c1ccc(C(=C2CCN(Cc3ccccc3)CC2)c2cccc(NS(C)(=O)=O)c2)cc1. The average molecular weight is 532 g/mol. The van der Waals surface area contributed by atoms with Crippen molar-refractivity contribution in [2.45, 2.75) is 33.2 Å². The van der Waals surface area contributed by atoms with E-state index < -0.39 is 10.0 Å². The number of likely N-dealkylation sites (tertiary alicyclic amines) is 1. The van der Waals surface area contributed by atoms with Crippen LogP contribution in [-0.4, -0.2) is 56.6 Å². The first kappa shape index (κ1) is 27.6. The summed E-state index contributed by atoms with van der Waals surface area (Å²) in [5.41, 5.74) is 6.98. The number of benzene rings is 3. The maximum Gasteiger partial charge on any atom is 0.253 e. The predicted octanol–water partition coefficient (Wildman–Crippen LogP) is 5.64. The molecule has 0 aromatic heterocycles. The van der Waals surface area contributed by atoms with Crippen LogP contribution in [0.3, 0.4) is 0 Å². The molecule has 0 unspecified atom stereocenters. The van der Waals surface area contributed by atoms with Crippen molar-refractivity contribution in [1.29, 1.82) is 0 Å². The highest BCUT2D eigenvalue weighted by atomic mass is 32.2. The number of nitrogens with zero attached hydrogens (tertiary/aromatic N) is 2. The number of amides is 1. The number of carbonyl (C=O) groups excluding carboxylic acids is 1. The Morgan fingerprint density at radius 3 is 2.08 bits per heavy atom. The van der Waals surface area contributed by atoms with E-state index in [9.17, 15) is 13.2 Å². The minimum absolute atomic E-state index is 0.0318. The summed E-state index contributed by atoms with van der Waals surface area (Å²) in [7, 11) is -3.39. The molecule has 6 nitrogen and oxygen atoms in total. The zero-order valence-electron chi connectivity index (χ0n) is 22.5. The van der Waals surface area contributed by atoms with Gasteiger partial charge in [-0.1, -0.05) is 60.2 Å². The number of hydrogen-bond acceptors (Lipinski definition) is 4. The van der Waals surface area contributed by atoms with Crippen molar-refractivity contribution in [3.05, 3.63) is 107 Å². The molecule has 1 saturated heterocycles. The van der Waals surface area contributed by atoms with E-state index in [2.05, 4.69) is 33.9 Å². The second-order valence-corrected chi connectivity index (χ2v) is 11.5. The summed E-state index contributed by atoms with van der Waals surface area (Å²) in [6.07, 6.45) is 3.01. The van der Waals surface area contributed by atoms with E-state index in [0.29, 0.717) is 24.3 Å². The van der Waals surface area contributed by atoms with Gasteiger partial charge in [0.25, 0.3) is 5.91 Å². The van der Waals surface area contributed by atoms with Gasteiger partial charge >= 0.3 is 0 Å². The van der Waals surface area contributed by atoms with Gasteiger partial charge < -0.3 is 4.90 Å². The van der Waals surface area contributed by atoms with Crippen LogP contribution in [0.4, 0.5) is 5.69 Å². The van der Waals surface area contributed by atoms with E-state index in [1.807, 2.05) is 67.3 Å². The first-order chi connectivity index (χ1) is 18.3. The Morgan fingerprint density at radius 2 is 1.47 bits per heavy atom. The summed E-state index contributed by atoms with van der Waals surface area (Å²) in [5, 5.41) is 0. The zero-order valence-corrected chi connectivity index (χ0v) is 23.3. The summed E-state index contributed by atoms with van der Waals surface area (Å²) >= 11 is 0. The molecular weight excluding hydrogens is 494 g/mol. The number of piperidine rings is 1. The highest BCUT2D eigenvalue weighted by Gasteiger charge is 2.20. The normalized spacial score (nSPS) is 14.2. The molecular formula is C31H37N3O3S. The van der Waals surface area contributed by atoms with Crippen molar-refractivity contribution in [2.75, 3.05) is 37.2 Å². The maximum atomic E-state index is 12.9. The third-order valence-electron chi connectivity index (χ3n) is 6.99. The number of carbonyl (C=O) groups is 1. The smallest absolute Gasteiger partial charge is 0.253 e. The van der Waals surface area contributed by atoms with E-state index in [1.165, 1.54) is 11.1 Å². The molecule has 0 radical (unpaired) electrons. The molecule has 1 N–H and O–H groups in total. The Hall–Kier alpha value is -3.42. The van der Waals surface area contributed by atoms with Crippen LogP contribution in [0.25, 0.3) is 5.57 Å². The highest BCUT2D eigenvalue weighted by molar-refractivity contribution is 7.92. The van der Waals surface area contributed by atoms with Crippen molar-refractivity contribution in [3.63, 3.8) is 0 Å². The summed E-state index contributed by atoms with van der Waals surface area (Å²) in [5.74, 6) is 0.0318. The molecule has 38 heavy (non-hydrogen) atoms. The summed E-state index contributed by atoms with van der Waals surface area (Å²) in [6.45, 7) is 8.15. The minimum atomic E-state index is -3.39. The molecule has 0 aliphatic carbocycles. The molecule has 7 heteroatoms. The largest absolute Gasteiger partial charge is 0.339 e. The number of rotatable bonds is 9. The molecule has 3 aromatic carbocycles. The van der Waals surface area contributed by atoms with Crippen LogP contribution in [0.15, 0.2) is 84.4 Å². The molecule has 0 atom stereocenters. The lowest BCUT2D eigenvalue weighted by molar-refractivity contribution is 0.0773. The number of hydrogen-bond donors (Lipinski definition) is 1. The van der Waals surface area contributed by atoms with Crippen LogP contribution in [0.5, 0.6) is 0 Å². The number of nitrogens with one attached hydrogen (secondary N) is 1. The monoisotopic (exact) mass is 531 g/mol. The van der Waals surface area contributed by atoms with Crippen LogP contribution >= 0.6 is 0 Å². The second kappa shape index (κ2) is 12.4. The van der Waals surface area contributed by atoms with E-state index in [1.54, 1.807) is 6.07 Å². The lowest BCUT2D eigenvalue weighted by atomic mass is 9.87. The van der Waals surface area contributed by atoms with Crippen molar-refractivity contribution < 1.29 is 13.2 Å². The molecule has 4 rings (SSSR count). The molecule has 1 heterocycles. The number of anilines is 1. The fourth-order valence-electron chi connectivity index (χ4n) is 5.07. The highest BCUT2D eigenvalue weighted by Crippen LogP contribution is 2.34. The summed E-state index contributed by atoms with van der Waals surface area (Å²) in [6, 6.07) is 25.9. The van der Waals surface area contributed by atoms with Crippen molar-refractivity contribution in [3.8, 4) is 0 Å². The third kappa shape index (κ3) is 7.11. The predicted molar refractivity (Wildman–Crippen MR) is 156 cm³/mol. The average Bonchev–Trinajstić information content (AvgIpc) is 2.91.